The number of aryl methyl sites for hydroxylation is 2. The smallest absolute Gasteiger partial charge is 0.264 e. The third-order valence-corrected chi connectivity index (χ3v) is 6.60. The highest BCUT2D eigenvalue weighted by atomic mass is 35.5. The molecule has 1 aromatic heterocycles. The van der Waals surface area contributed by atoms with Gasteiger partial charge in [-0.3, -0.25) is 14.5 Å². The first-order valence-corrected chi connectivity index (χ1v) is 10.3. The molecule has 1 atom stereocenters. The Morgan fingerprint density at radius 3 is 2.33 bits per heavy atom. The summed E-state index contributed by atoms with van der Waals surface area (Å²) < 4.78 is 0. The van der Waals surface area contributed by atoms with Gasteiger partial charge in [0, 0.05) is 36.1 Å². The van der Waals surface area contributed by atoms with Gasteiger partial charge in [-0.2, -0.15) is 0 Å². The van der Waals surface area contributed by atoms with E-state index in [-0.39, 0.29) is 5.91 Å². The van der Waals surface area contributed by atoms with Gasteiger partial charge >= 0.3 is 0 Å². The van der Waals surface area contributed by atoms with E-state index in [2.05, 4.69) is 6.92 Å². The van der Waals surface area contributed by atoms with Crippen LogP contribution in [-0.2, 0) is 11.2 Å². The van der Waals surface area contributed by atoms with E-state index in [9.17, 15) is 9.59 Å². The molecule has 1 fully saturated rings. The fourth-order valence-electron chi connectivity index (χ4n) is 3.52. The second-order valence-corrected chi connectivity index (χ2v) is 8.33. The maximum absolute atomic E-state index is 12.8. The van der Waals surface area contributed by atoms with Gasteiger partial charge in [0.1, 0.15) is 6.04 Å². The fraction of sp³-hybridized carbons (Fsp3) is 0.400. The van der Waals surface area contributed by atoms with E-state index < -0.39 is 11.9 Å². The highest BCUT2D eigenvalue weighted by Gasteiger charge is 2.31. The van der Waals surface area contributed by atoms with Crippen LogP contribution in [0.2, 0.25) is 5.02 Å². The number of piperazine rings is 1. The van der Waals surface area contributed by atoms with Gasteiger partial charge in [-0.1, -0.05) is 30.7 Å². The lowest BCUT2D eigenvalue weighted by Crippen LogP contribution is -2.51. The number of primary amides is 1. The normalized spacial score (nSPS) is 16.3. The van der Waals surface area contributed by atoms with E-state index in [0.717, 1.165) is 16.9 Å². The van der Waals surface area contributed by atoms with Crippen LogP contribution in [0.15, 0.2) is 30.3 Å². The highest BCUT2D eigenvalue weighted by molar-refractivity contribution is 7.14. The molecule has 1 aliphatic rings. The predicted octanol–water partition coefficient (Wildman–Crippen LogP) is 3.26. The van der Waals surface area contributed by atoms with E-state index in [1.165, 1.54) is 10.4 Å². The maximum atomic E-state index is 12.8. The molecular weight excluding hydrogens is 382 g/mol. The van der Waals surface area contributed by atoms with Gasteiger partial charge < -0.3 is 10.6 Å². The van der Waals surface area contributed by atoms with Crippen LogP contribution < -0.4 is 5.73 Å². The van der Waals surface area contributed by atoms with Crippen molar-refractivity contribution in [3.05, 3.63) is 56.2 Å². The summed E-state index contributed by atoms with van der Waals surface area (Å²) in [5.41, 5.74) is 7.67. The van der Waals surface area contributed by atoms with Gasteiger partial charge in [-0.15, -0.1) is 11.3 Å². The summed E-state index contributed by atoms with van der Waals surface area (Å²) in [5.74, 6) is -0.317. The monoisotopic (exact) mass is 405 g/mol. The zero-order chi connectivity index (χ0) is 19.6. The number of hydrogen-bond donors (Lipinski definition) is 1. The molecule has 0 saturated carbocycles. The number of benzene rings is 1. The second-order valence-electron chi connectivity index (χ2n) is 6.76. The topological polar surface area (TPSA) is 66.6 Å². The number of rotatable bonds is 5. The lowest BCUT2D eigenvalue weighted by molar-refractivity contribution is -0.124. The van der Waals surface area contributed by atoms with Crippen LogP contribution >= 0.6 is 22.9 Å². The Kier molecular flexibility index (Phi) is 6.19. The molecule has 1 aliphatic heterocycles. The van der Waals surface area contributed by atoms with Crippen LogP contribution in [0.1, 0.15) is 38.6 Å². The first kappa shape index (κ1) is 19.9. The summed E-state index contributed by atoms with van der Waals surface area (Å²) in [7, 11) is 0. The molecule has 0 aliphatic carbocycles. The number of halogens is 1. The third kappa shape index (κ3) is 4.34. The zero-order valence-electron chi connectivity index (χ0n) is 15.6. The van der Waals surface area contributed by atoms with Crippen molar-refractivity contribution in [2.75, 3.05) is 26.2 Å². The highest BCUT2D eigenvalue weighted by Crippen LogP contribution is 2.26. The van der Waals surface area contributed by atoms with Crippen molar-refractivity contribution in [1.29, 1.82) is 0 Å². The molecule has 2 N–H and O–H groups in total. The Bertz CT molecular complexity index is 826. The predicted molar refractivity (Wildman–Crippen MR) is 109 cm³/mol. The molecular formula is C20H24ClN3O2S. The molecule has 3 rings (SSSR count). The van der Waals surface area contributed by atoms with Crippen molar-refractivity contribution in [1.82, 2.24) is 9.80 Å². The average Bonchev–Trinajstić information content (AvgIpc) is 3.04. The fourth-order valence-corrected chi connectivity index (χ4v) is 4.72. The van der Waals surface area contributed by atoms with Crippen LogP contribution in [0.5, 0.6) is 0 Å². The number of carbonyl (C=O) groups is 2. The van der Waals surface area contributed by atoms with Gasteiger partial charge in [0.2, 0.25) is 5.91 Å². The molecule has 27 heavy (non-hydrogen) atoms. The summed E-state index contributed by atoms with van der Waals surface area (Å²) in [6, 6.07) is 8.66. The van der Waals surface area contributed by atoms with Crippen LogP contribution in [0.3, 0.4) is 0 Å². The van der Waals surface area contributed by atoms with Crippen molar-refractivity contribution in [3.8, 4) is 0 Å². The van der Waals surface area contributed by atoms with Crippen molar-refractivity contribution in [2.45, 2.75) is 26.3 Å². The van der Waals surface area contributed by atoms with Gasteiger partial charge in [0.05, 0.1) is 4.88 Å². The van der Waals surface area contributed by atoms with Crippen molar-refractivity contribution in [2.24, 2.45) is 5.73 Å². The zero-order valence-corrected chi connectivity index (χ0v) is 17.1. The Balaban J connectivity index is 1.68. The van der Waals surface area contributed by atoms with Gasteiger partial charge in [-0.25, -0.2) is 0 Å². The van der Waals surface area contributed by atoms with E-state index in [0.29, 0.717) is 31.2 Å². The summed E-state index contributed by atoms with van der Waals surface area (Å²) in [6.07, 6.45) is 0.943. The molecule has 2 amide bonds. The summed E-state index contributed by atoms with van der Waals surface area (Å²) in [5, 5.41) is 0.620. The van der Waals surface area contributed by atoms with Crippen LogP contribution in [0.4, 0.5) is 0 Å². The largest absolute Gasteiger partial charge is 0.368 e. The van der Waals surface area contributed by atoms with Crippen molar-refractivity contribution >= 4 is 34.8 Å². The molecule has 0 bridgehead atoms. The number of thiophene rings is 1. The first-order valence-electron chi connectivity index (χ1n) is 9.08. The summed E-state index contributed by atoms with van der Waals surface area (Å²) >= 11 is 7.52. The minimum absolute atomic E-state index is 0.0737. The van der Waals surface area contributed by atoms with Gasteiger partial charge in [0.15, 0.2) is 0 Å². The summed E-state index contributed by atoms with van der Waals surface area (Å²) in [6.45, 7) is 6.52. The number of nitrogens with two attached hydrogens (primary N) is 1. The van der Waals surface area contributed by atoms with Crippen LogP contribution in [-0.4, -0.2) is 47.8 Å². The van der Waals surface area contributed by atoms with Crippen LogP contribution in [0, 0.1) is 6.92 Å². The van der Waals surface area contributed by atoms with Crippen molar-refractivity contribution < 1.29 is 9.59 Å². The Hall–Kier alpha value is -1.89. The van der Waals surface area contributed by atoms with Crippen molar-refractivity contribution in [3.63, 3.8) is 0 Å². The Morgan fingerprint density at radius 1 is 1.19 bits per heavy atom. The molecule has 2 aromatic rings. The molecule has 0 unspecified atom stereocenters. The van der Waals surface area contributed by atoms with E-state index in [4.69, 9.17) is 17.3 Å². The second kappa shape index (κ2) is 8.42. The lowest BCUT2D eigenvalue weighted by atomic mass is 10.0. The van der Waals surface area contributed by atoms with E-state index in [1.54, 1.807) is 23.5 Å². The van der Waals surface area contributed by atoms with Crippen LogP contribution in [0.25, 0.3) is 0 Å². The number of hydrogen-bond acceptors (Lipinski definition) is 4. The molecule has 144 valence electrons. The minimum Gasteiger partial charge on any atom is -0.368 e. The number of amides is 2. The molecule has 1 saturated heterocycles. The Morgan fingerprint density at radius 2 is 1.81 bits per heavy atom. The van der Waals surface area contributed by atoms with Gasteiger partial charge in [-0.05, 0) is 42.7 Å². The average molecular weight is 406 g/mol. The number of carbonyl (C=O) groups excluding carboxylic acids is 2. The number of nitrogens with zero attached hydrogens (tertiary/aromatic N) is 2. The molecule has 1 aromatic carbocycles. The van der Waals surface area contributed by atoms with E-state index in [1.807, 2.05) is 34.9 Å². The molecule has 0 radical (unpaired) electrons. The molecule has 5 nitrogen and oxygen atoms in total. The molecule has 7 heteroatoms. The third-order valence-electron chi connectivity index (χ3n) is 4.97. The Labute approximate surface area is 168 Å². The standard InChI is InChI=1S/C20H24ClN3O2S/c1-3-16-13(2)12-17(27-16)20(26)24-10-8-23(9-11-24)18(19(22)25)14-4-6-15(21)7-5-14/h4-7,12,18H,3,8-11H2,1-2H3,(H2,22,25)/t18-/m1/s1. The first-order chi connectivity index (χ1) is 12.9. The summed E-state index contributed by atoms with van der Waals surface area (Å²) in [4.78, 5) is 30.8. The SMILES string of the molecule is CCc1sc(C(=O)N2CCN([C@@H](C(N)=O)c3ccc(Cl)cc3)CC2)cc1C. The van der Waals surface area contributed by atoms with Gasteiger partial charge in [0.25, 0.3) is 5.91 Å². The minimum atomic E-state index is -0.504. The molecule has 0 spiro atoms. The van der Waals surface area contributed by atoms with E-state index >= 15 is 0 Å². The quantitative estimate of drug-likeness (QED) is 0.830. The molecule has 2 heterocycles. The maximum Gasteiger partial charge on any atom is 0.264 e. The lowest BCUT2D eigenvalue weighted by Gasteiger charge is -2.38.